The number of rotatable bonds is 3. The Morgan fingerprint density at radius 3 is 2.21 bits per heavy atom. The minimum atomic E-state index is -0.557. The van der Waals surface area contributed by atoms with Crippen LogP contribution < -0.4 is 10.6 Å². The predicted octanol–water partition coefficient (Wildman–Crippen LogP) is 2.48. The average molecular weight is 318 g/mol. The highest BCUT2D eigenvalue weighted by Gasteiger charge is 2.38. The number of fused-ring (bicyclic) bond motifs is 2. The summed E-state index contributed by atoms with van der Waals surface area (Å²) >= 11 is 0. The quantitative estimate of drug-likeness (QED) is 0.594. The third kappa shape index (κ3) is 1.83. The lowest BCUT2D eigenvalue weighted by atomic mass is 10.1. The van der Waals surface area contributed by atoms with E-state index in [1.807, 2.05) is 24.3 Å². The predicted molar refractivity (Wildman–Crippen MR) is 90.7 cm³/mol. The average Bonchev–Trinajstić information content (AvgIpc) is 3.11. The van der Waals surface area contributed by atoms with Crippen LogP contribution in [0.5, 0.6) is 0 Å². The summed E-state index contributed by atoms with van der Waals surface area (Å²) in [5.74, 6) is -0.467. The Kier molecular flexibility index (Phi) is 3.07. The van der Waals surface area contributed by atoms with E-state index in [-0.39, 0.29) is 17.6 Å². The number of nitrogens with zero attached hydrogens (tertiary/aromatic N) is 3. The third-order valence-corrected chi connectivity index (χ3v) is 4.12. The molecule has 1 atom stereocenters. The van der Waals surface area contributed by atoms with Gasteiger partial charge in [-0.25, -0.2) is 9.58 Å². The van der Waals surface area contributed by atoms with Gasteiger partial charge in [0.25, 0.3) is 11.8 Å². The lowest BCUT2D eigenvalue weighted by Crippen LogP contribution is -2.30. The SMILES string of the molecule is C=CC(N)n1nc(N2C(=O)c3ccccc3C2=O)c2ccccc21. The Hall–Kier alpha value is -3.25. The number of carbonyl (C=O) groups is 2. The second-order valence-corrected chi connectivity index (χ2v) is 5.50. The first-order chi connectivity index (χ1) is 11.6. The minimum absolute atomic E-state index is 0.286. The van der Waals surface area contributed by atoms with Crippen molar-refractivity contribution in [3.8, 4) is 0 Å². The summed E-state index contributed by atoms with van der Waals surface area (Å²) in [6.45, 7) is 3.68. The Labute approximate surface area is 137 Å². The van der Waals surface area contributed by atoms with Gasteiger partial charge in [0, 0.05) is 5.39 Å². The van der Waals surface area contributed by atoms with Crippen molar-refractivity contribution < 1.29 is 9.59 Å². The van der Waals surface area contributed by atoms with Gasteiger partial charge in [-0.15, -0.1) is 0 Å². The number of imide groups is 1. The highest BCUT2D eigenvalue weighted by molar-refractivity contribution is 6.35. The minimum Gasteiger partial charge on any atom is -0.306 e. The van der Waals surface area contributed by atoms with Crippen LogP contribution in [0.25, 0.3) is 10.9 Å². The van der Waals surface area contributed by atoms with Crippen LogP contribution >= 0.6 is 0 Å². The molecule has 6 heteroatoms. The molecule has 1 aromatic heterocycles. The summed E-state index contributed by atoms with van der Waals surface area (Å²) in [5.41, 5.74) is 7.52. The maximum atomic E-state index is 12.7. The number of para-hydroxylation sites is 1. The Morgan fingerprint density at radius 2 is 1.58 bits per heavy atom. The van der Waals surface area contributed by atoms with Gasteiger partial charge in [0.1, 0.15) is 6.17 Å². The molecule has 4 rings (SSSR count). The van der Waals surface area contributed by atoms with E-state index in [0.29, 0.717) is 16.5 Å². The van der Waals surface area contributed by atoms with Crippen molar-refractivity contribution in [3.05, 3.63) is 72.3 Å². The molecule has 24 heavy (non-hydrogen) atoms. The number of anilines is 1. The second-order valence-electron chi connectivity index (χ2n) is 5.50. The monoisotopic (exact) mass is 318 g/mol. The molecule has 1 aliphatic rings. The largest absolute Gasteiger partial charge is 0.306 e. The van der Waals surface area contributed by atoms with Crippen LogP contribution in [-0.4, -0.2) is 21.6 Å². The summed E-state index contributed by atoms with van der Waals surface area (Å²) in [4.78, 5) is 26.5. The molecule has 6 nitrogen and oxygen atoms in total. The molecule has 1 aliphatic heterocycles. The first kappa shape index (κ1) is 14.3. The van der Waals surface area contributed by atoms with Crippen molar-refractivity contribution in [1.82, 2.24) is 9.78 Å². The van der Waals surface area contributed by atoms with Crippen molar-refractivity contribution in [2.45, 2.75) is 6.17 Å². The second kappa shape index (κ2) is 5.14. The Bertz CT molecular complexity index is 970. The number of hydrogen-bond donors (Lipinski definition) is 1. The molecule has 3 aromatic rings. The fourth-order valence-corrected chi connectivity index (χ4v) is 2.95. The Morgan fingerprint density at radius 1 is 1.00 bits per heavy atom. The fraction of sp³-hybridized carbons (Fsp3) is 0.0556. The topological polar surface area (TPSA) is 81.2 Å². The van der Waals surface area contributed by atoms with Crippen LogP contribution in [0.3, 0.4) is 0 Å². The van der Waals surface area contributed by atoms with Gasteiger partial charge in [0.05, 0.1) is 16.6 Å². The number of benzene rings is 2. The molecule has 0 radical (unpaired) electrons. The first-order valence-corrected chi connectivity index (χ1v) is 7.46. The van der Waals surface area contributed by atoms with E-state index < -0.39 is 6.17 Å². The van der Waals surface area contributed by atoms with Gasteiger partial charge in [-0.3, -0.25) is 9.59 Å². The molecule has 118 valence electrons. The summed E-state index contributed by atoms with van der Waals surface area (Å²) in [6, 6.07) is 14.1. The number of carbonyl (C=O) groups excluding carboxylic acids is 2. The maximum Gasteiger partial charge on any atom is 0.267 e. The molecular formula is C18H14N4O2. The van der Waals surface area contributed by atoms with Gasteiger partial charge in [-0.05, 0) is 24.3 Å². The van der Waals surface area contributed by atoms with Gasteiger partial charge in [-0.1, -0.05) is 36.9 Å². The normalized spacial score (nSPS) is 15.0. The van der Waals surface area contributed by atoms with Crippen LogP contribution in [0.15, 0.2) is 61.2 Å². The zero-order valence-corrected chi connectivity index (χ0v) is 12.7. The molecule has 0 saturated carbocycles. The highest BCUT2D eigenvalue weighted by atomic mass is 16.2. The van der Waals surface area contributed by atoms with Crippen molar-refractivity contribution in [3.63, 3.8) is 0 Å². The summed E-state index contributed by atoms with van der Waals surface area (Å²) < 4.78 is 1.56. The van der Waals surface area contributed by atoms with E-state index in [9.17, 15) is 9.59 Å². The maximum absolute atomic E-state index is 12.7. The number of aromatic nitrogens is 2. The molecule has 0 saturated heterocycles. The van der Waals surface area contributed by atoms with Crippen LogP contribution in [0, 0.1) is 0 Å². The molecule has 2 heterocycles. The molecule has 2 aromatic carbocycles. The molecule has 0 bridgehead atoms. The Balaban J connectivity index is 1.94. The lowest BCUT2D eigenvalue weighted by molar-refractivity contribution is 0.0925. The molecule has 1 unspecified atom stereocenters. The molecule has 2 N–H and O–H groups in total. The van der Waals surface area contributed by atoms with Crippen molar-refractivity contribution in [1.29, 1.82) is 0 Å². The van der Waals surface area contributed by atoms with E-state index in [2.05, 4.69) is 11.7 Å². The highest BCUT2D eigenvalue weighted by Crippen LogP contribution is 2.33. The van der Waals surface area contributed by atoms with E-state index in [1.165, 1.54) is 0 Å². The molecule has 0 aliphatic carbocycles. The standard InChI is InChI=1S/C18H14N4O2/c1-2-15(19)22-14-10-6-5-9-13(14)16(20-22)21-17(23)11-7-3-4-8-12(11)18(21)24/h2-10,15H,1,19H2. The zero-order chi connectivity index (χ0) is 16.8. The zero-order valence-electron chi connectivity index (χ0n) is 12.7. The first-order valence-electron chi connectivity index (χ1n) is 7.46. The summed E-state index contributed by atoms with van der Waals surface area (Å²) in [5, 5.41) is 5.12. The van der Waals surface area contributed by atoms with Crippen molar-refractivity contribution >= 4 is 28.5 Å². The van der Waals surface area contributed by atoms with E-state index in [1.54, 1.807) is 35.0 Å². The van der Waals surface area contributed by atoms with Crippen LogP contribution in [0.2, 0.25) is 0 Å². The molecule has 2 amide bonds. The molecular weight excluding hydrogens is 304 g/mol. The van der Waals surface area contributed by atoms with E-state index in [4.69, 9.17) is 5.73 Å². The number of nitrogens with two attached hydrogens (primary N) is 1. The van der Waals surface area contributed by atoms with E-state index >= 15 is 0 Å². The lowest BCUT2D eigenvalue weighted by Gasteiger charge is -2.11. The number of amides is 2. The third-order valence-electron chi connectivity index (χ3n) is 4.12. The van der Waals surface area contributed by atoms with Crippen molar-refractivity contribution in [2.24, 2.45) is 5.73 Å². The van der Waals surface area contributed by atoms with Gasteiger partial charge >= 0.3 is 0 Å². The van der Waals surface area contributed by atoms with Crippen LogP contribution in [0.1, 0.15) is 26.9 Å². The molecule has 0 spiro atoms. The fourth-order valence-electron chi connectivity index (χ4n) is 2.95. The van der Waals surface area contributed by atoms with Gasteiger partial charge in [-0.2, -0.15) is 5.10 Å². The van der Waals surface area contributed by atoms with Crippen molar-refractivity contribution in [2.75, 3.05) is 4.90 Å². The van der Waals surface area contributed by atoms with E-state index in [0.717, 1.165) is 10.4 Å². The van der Waals surface area contributed by atoms with Gasteiger partial charge in [0.2, 0.25) is 0 Å². The van der Waals surface area contributed by atoms with Gasteiger partial charge < -0.3 is 5.73 Å². The summed E-state index contributed by atoms with van der Waals surface area (Å²) in [6.07, 6.45) is 0.991. The molecule has 0 fully saturated rings. The smallest absolute Gasteiger partial charge is 0.267 e. The number of hydrogen-bond acceptors (Lipinski definition) is 4. The summed E-state index contributed by atoms with van der Waals surface area (Å²) in [7, 11) is 0. The van der Waals surface area contributed by atoms with Crippen LogP contribution in [-0.2, 0) is 0 Å². The van der Waals surface area contributed by atoms with Gasteiger partial charge in [0.15, 0.2) is 5.82 Å². The van der Waals surface area contributed by atoms with Crippen LogP contribution in [0.4, 0.5) is 5.82 Å².